The van der Waals surface area contributed by atoms with E-state index in [0.717, 1.165) is 29.7 Å². The van der Waals surface area contributed by atoms with Crippen LogP contribution in [0.15, 0.2) is 36.5 Å². The monoisotopic (exact) mass is 273 g/mol. The summed E-state index contributed by atoms with van der Waals surface area (Å²) in [4.78, 5) is 4.43. The Morgan fingerprint density at radius 2 is 2.21 bits per heavy atom. The van der Waals surface area contributed by atoms with Crippen LogP contribution in [-0.4, -0.2) is 10.1 Å². The van der Waals surface area contributed by atoms with Crippen LogP contribution in [-0.2, 0) is 6.42 Å². The standard InChI is InChI=1S/C16H16ClNO/c1-10-4-5-12(9-14(10)17)16(19)13-7-6-11-3-2-8-18-15(11)13/h2-5,8-9,13,16,19H,6-7H2,1H3. The average Bonchev–Trinajstić information content (AvgIpc) is 2.85. The summed E-state index contributed by atoms with van der Waals surface area (Å²) in [5.74, 6) is 0.0787. The van der Waals surface area contributed by atoms with Gasteiger partial charge in [-0.1, -0.05) is 29.8 Å². The van der Waals surface area contributed by atoms with Gasteiger partial charge in [0, 0.05) is 22.8 Å². The van der Waals surface area contributed by atoms with Crippen LogP contribution in [0.2, 0.25) is 5.02 Å². The maximum Gasteiger partial charge on any atom is 0.0874 e. The number of nitrogens with zero attached hydrogens (tertiary/aromatic N) is 1. The van der Waals surface area contributed by atoms with Crippen molar-refractivity contribution in [2.24, 2.45) is 0 Å². The molecule has 3 rings (SSSR count). The number of hydrogen-bond donors (Lipinski definition) is 1. The molecule has 2 unspecified atom stereocenters. The Kier molecular flexibility index (Phi) is 3.29. The SMILES string of the molecule is Cc1ccc(C(O)C2CCc3cccnc32)cc1Cl. The van der Waals surface area contributed by atoms with Crippen LogP contribution in [0, 0.1) is 6.92 Å². The number of aryl methyl sites for hydroxylation is 2. The fourth-order valence-corrected chi connectivity index (χ4v) is 2.97. The number of hydrogen-bond acceptors (Lipinski definition) is 2. The molecule has 19 heavy (non-hydrogen) atoms. The molecule has 2 nitrogen and oxygen atoms in total. The molecule has 0 spiro atoms. The molecule has 1 aromatic carbocycles. The van der Waals surface area contributed by atoms with Crippen LogP contribution in [0.4, 0.5) is 0 Å². The number of pyridine rings is 1. The molecule has 2 aromatic rings. The first-order valence-electron chi connectivity index (χ1n) is 6.54. The van der Waals surface area contributed by atoms with Gasteiger partial charge in [-0.3, -0.25) is 4.98 Å². The van der Waals surface area contributed by atoms with Crippen molar-refractivity contribution < 1.29 is 5.11 Å². The molecule has 0 bridgehead atoms. The fourth-order valence-electron chi connectivity index (χ4n) is 2.78. The van der Waals surface area contributed by atoms with Crippen molar-refractivity contribution in [1.29, 1.82) is 0 Å². The number of rotatable bonds is 2. The van der Waals surface area contributed by atoms with Crippen LogP contribution in [0.1, 0.15) is 40.8 Å². The zero-order valence-corrected chi connectivity index (χ0v) is 11.6. The van der Waals surface area contributed by atoms with E-state index in [9.17, 15) is 5.11 Å². The number of aliphatic hydroxyl groups excluding tert-OH is 1. The van der Waals surface area contributed by atoms with Gasteiger partial charge in [0.25, 0.3) is 0 Å². The molecule has 0 radical (unpaired) electrons. The lowest BCUT2D eigenvalue weighted by Gasteiger charge is -2.19. The molecule has 2 atom stereocenters. The largest absolute Gasteiger partial charge is 0.388 e. The smallest absolute Gasteiger partial charge is 0.0874 e. The van der Waals surface area contributed by atoms with Gasteiger partial charge in [-0.2, -0.15) is 0 Å². The lowest BCUT2D eigenvalue weighted by Crippen LogP contribution is -2.09. The van der Waals surface area contributed by atoms with Gasteiger partial charge in [0.2, 0.25) is 0 Å². The molecular weight excluding hydrogens is 258 g/mol. The summed E-state index contributed by atoms with van der Waals surface area (Å²) in [6, 6.07) is 9.82. The van der Waals surface area contributed by atoms with Gasteiger partial charge in [0.05, 0.1) is 6.10 Å². The highest BCUT2D eigenvalue weighted by Crippen LogP contribution is 2.40. The Labute approximate surface area is 118 Å². The number of benzene rings is 1. The Balaban J connectivity index is 1.93. The van der Waals surface area contributed by atoms with Crippen LogP contribution in [0.5, 0.6) is 0 Å². The van der Waals surface area contributed by atoms with Crippen molar-refractivity contribution in [2.75, 3.05) is 0 Å². The van der Waals surface area contributed by atoms with E-state index in [0.29, 0.717) is 5.02 Å². The van der Waals surface area contributed by atoms with E-state index in [4.69, 9.17) is 11.6 Å². The van der Waals surface area contributed by atoms with Gasteiger partial charge in [-0.25, -0.2) is 0 Å². The summed E-state index contributed by atoms with van der Waals surface area (Å²) in [6.07, 6.45) is 3.20. The molecule has 1 aliphatic carbocycles. The summed E-state index contributed by atoms with van der Waals surface area (Å²) < 4.78 is 0. The van der Waals surface area contributed by atoms with Crippen molar-refractivity contribution >= 4 is 11.6 Å². The quantitative estimate of drug-likeness (QED) is 0.903. The molecule has 0 aliphatic heterocycles. The summed E-state index contributed by atoms with van der Waals surface area (Å²) in [6.45, 7) is 1.96. The summed E-state index contributed by atoms with van der Waals surface area (Å²) in [5, 5.41) is 11.3. The lowest BCUT2D eigenvalue weighted by atomic mass is 9.93. The van der Waals surface area contributed by atoms with E-state index in [2.05, 4.69) is 11.1 Å². The first kappa shape index (κ1) is 12.6. The topological polar surface area (TPSA) is 33.1 Å². The third kappa shape index (κ3) is 2.26. The highest BCUT2D eigenvalue weighted by molar-refractivity contribution is 6.31. The van der Waals surface area contributed by atoms with Gasteiger partial charge in [0.15, 0.2) is 0 Å². The highest BCUT2D eigenvalue weighted by Gasteiger charge is 2.30. The Morgan fingerprint density at radius 3 is 3.00 bits per heavy atom. The van der Waals surface area contributed by atoms with Crippen molar-refractivity contribution in [1.82, 2.24) is 4.98 Å². The van der Waals surface area contributed by atoms with Crippen molar-refractivity contribution in [3.05, 3.63) is 63.9 Å². The Morgan fingerprint density at radius 1 is 1.37 bits per heavy atom. The van der Waals surface area contributed by atoms with E-state index >= 15 is 0 Å². The lowest BCUT2D eigenvalue weighted by molar-refractivity contribution is 0.143. The van der Waals surface area contributed by atoms with E-state index in [1.807, 2.05) is 31.2 Å². The van der Waals surface area contributed by atoms with Gasteiger partial charge < -0.3 is 5.11 Å². The third-order valence-electron chi connectivity index (χ3n) is 3.92. The zero-order valence-electron chi connectivity index (χ0n) is 10.8. The van der Waals surface area contributed by atoms with Crippen LogP contribution in [0.25, 0.3) is 0 Å². The molecule has 0 saturated carbocycles. The van der Waals surface area contributed by atoms with Crippen molar-refractivity contribution in [3.8, 4) is 0 Å². The third-order valence-corrected chi connectivity index (χ3v) is 4.33. The van der Waals surface area contributed by atoms with Crippen LogP contribution >= 0.6 is 11.6 Å². The van der Waals surface area contributed by atoms with E-state index < -0.39 is 6.10 Å². The van der Waals surface area contributed by atoms with E-state index in [1.54, 1.807) is 6.20 Å². The molecule has 1 heterocycles. The normalized spacial score (nSPS) is 19.2. The first-order chi connectivity index (χ1) is 9.16. The molecule has 1 aliphatic rings. The van der Waals surface area contributed by atoms with Crippen LogP contribution in [0.3, 0.4) is 0 Å². The van der Waals surface area contributed by atoms with Crippen molar-refractivity contribution in [3.63, 3.8) is 0 Å². The molecule has 1 N–H and O–H groups in total. The number of halogens is 1. The van der Waals surface area contributed by atoms with Gasteiger partial charge in [-0.15, -0.1) is 0 Å². The minimum absolute atomic E-state index is 0.0787. The molecule has 0 fully saturated rings. The van der Waals surface area contributed by atoms with E-state index in [1.165, 1.54) is 5.56 Å². The minimum Gasteiger partial charge on any atom is -0.388 e. The molecule has 98 valence electrons. The van der Waals surface area contributed by atoms with Crippen LogP contribution < -0.4 is 0 Å². The zero-order chi connectivity index (χ0) is 13.4. The predicted molar refractivity (Wildman–Crippen MR) is 76.4 cm³/mol. The van der Waals surface area contributed by atoms with Crippen molar-refractivity contribution in [2.45, 2.75) is 31.8 Å². The second-order valence-corrected chi connectivity index (χ2v) is 5.55. The molecule has 1 aromatic heterocycles. The predicted octanol–water partition coefficient (Wildman–Crippen LogP) is 3.81. The molecular formula is C16H16ClNO. The number of aliphatic hydroxyl groups is 1. The molecule has 0 amide bonds. The second kappa shape index (κ2) is 4.95. The number of aromatic nitrogens is 1. The number of fused-ring (bicyclic) bond motifs is 1. The molecule has 0 saturated heterocycles. The minimum atomic E-state index is -0.533. The van der Waals surface area contributed by atoms with E-state index in [-0.39, 0.29) is 5.92 Å². The maximum atomic E-state index is 10.6. The fraction of sp³-hybridized carbons (Fsp3) is 0.312. The average molecular weight is 274 g/mol. The second-order valence-electron chi connectivity index (χ2n) is 5.15. The highest BCUT2D eigenvalue weighted by atomic mass is 35.5. The first-order valence-corrected chi connectivity index (χ1v) is 6.92. The Hall–Kier alpha value is -1.38. The van der Waals surface area contributed by atoms with Gasteiger partial charge in [-0.05, 0) is 48.6 Å². The summed E-state index contributed by atoms with van der Waals surface area (Å²) in [7, 11) is 0. The summed E-state index contributed by atoms with van der Waals surface area (Å²) in [5.41, 5.74) is 4.19. The maximum absolute atomic E-state index is 10.6. The van der Waals surface area contributed by atoms with Gasteiger partial charge >= 0.3 is 0 Å². The molecule has 3 heteroatoms. The van der Waals surface area contributed by atoms with Gasteiger partial charge in [0.1, 0.15) is 0 Å². The summed E-state index contributed by atoms with van der Waals surface area (Å²) >= 11 is 6.14. The Bertz CT molecular complexity index is 611.